The number of alkyl halides is 2. The second kappa shape index (κ2) is 10.0. The first-order valence-corrected chi connectivity index (χ1v) is 11.7. The average Bonchev–Trinajstić information content (AvgIpc) is 3.34. The molecule has 1 heterocycles. The van der Waals surface area contributed by atoms with Gasteiger partial charge in [-0.2, -0.15) is 0 Å². The third-order valence-corrected chi connectivity index (χ3v) is 6.62. The van der Waals surface area contributed by atoms with Crippen molar-refractivity contribution >= 4 is 18.0 Å². The van der Waals surface area contributed by atoms with Gasteiger partial charge in [0.25, 0.3) is 5.92 Å². The molecule has 9 heteroatoms. The van der Waals surface area contributed by atoms with E-state index in [1.807, 2.05) is 55.5 Å². The molecule has 7 nitrogen and oxygen atoms in total. The number of unbranched alkanes of at least 4 members (excludes halogenated alkanes) is 1. The van der Waals surface area contributed by atoms with Gasteiger partial charge in [-0.1, -0.05) is 68.3 Å². The van der Waals surface area contributed by atoms with Crippen LogP contribution in [0, 0.1) is 0 Å². The molecule has 2 aliphatic rings. The van der Waals surface area contributed by atoms with Gasteiger partial charge >= 0.3 is 12.1 Å². The van der Waals surface area contributed by atoms with Crippen molar-refractivity contribution in [2.24, 2.45) is 0 Å². The lowest BCUT2D eigenvalue weighted by molar-refractivity contribution is -0.149. The molecular formula is C26H28F2N2O5. The predicted molar refractivity (Wildman–Crippen MR) is 124 cm³/mol. The molecule has 2 atom stereocenters. The Morgan fingerprint density at radius 1 is 1.11 bits per heavy atom. The van der Waals surface area contributed by atoms with Gasteiger partial charge in [0.15, 0.2) is 0 Å². The Morgan fingerprint density at radius 3 is 2.29 bits per heavy atom. The molecule has 2 aromatic carbocycles. The third-order valence-electron chi connectivity index (χ3n) is 6.62. The maximum atomic E-state index is 13.9. The number of amides is 2. The molecule has 35 heavy (non-hydrogen) atoms. The predicted octanol–water partition coefficient (Wildman–Crippen LogP) is 4.40. The number of nitrogens with zero attached hydrogens (tertiary/aromatic N) is 1. The summed E-state index contributed by atoms with van der Waals surface area (Å²) in [5.74, 6) is -5.80. The molecule has 1 aliphatic heterocycles. The molecule has 2 N–H and O–H groups in total. The number of carboxylic acids is 1. The number of rotatable bonds is 8. The van der Waals surface area contributed by atoms with E-state index in [0.717, 1.165) is 22.3 Å². The van der Waals surface area contributed by atoms with Crippen LogP contribution in [0.25, 0.3) is 11.1 Å². The van der Waals surface area contributed by atoms with Crippen LogP contribution in [0.5, 0.6) is 0 Å². The number of carbonyl (C=O) groups excluding carboxylic acids is 2. The smallest absolute Gasteiger partial charge is 0.407 e. The molecule has 0 bridgehead atoms. The fourth-order valence-corrected chi connectivity index (χ4v) is 4.92. The maximum absolute atomic E-state index is 13.9. The molecule has 1 fully saturated rings. The maximum Gasteiger partial charge on any atom is 0.407 e. The second-order valence-corrected chi connectivity index (χ2v) is 9.04. The van der Waals surface area contributed by atoms with E-state index in [1.54, 1.807) is 0 Å². The molecular weight excluding hydrogens is 458 g/mol. The largest absolute Gasteiger partial charge is 0.480 e. The fourth-order valence-electron chi connectivity index (χ4n) is 4.92. The summed E-state index contributed by atoms with van der Waals surface area (Å²) in [4.78, 5) is 37.9. The highest BCUT2D eigenvalue weighted by atomic mass is 19.3. The summed E-state index contributed by atoms with van der Waals surface area (Å²) in [7, 11) is 0. The van der Waals surface area contributed by atoms with Crippen LogP contribution in [-0.2, 0) is 14.3 Å². The monoisotopic (exact) mass is 486 g/mol. The average molecular weight is 487 g/mol. The first-order valence-electron chi connectivity index (χ1n) is 11.7. The van der Waals surface area contributed by atoms with Gasteiger partial charge in [-0.25, -0.2) is 18.4 Å². The number of likely N-dealkylation sites (tertiary alicyclic amines) is 1. The number of nitrogens with one attached hydrogen (secondary N) is 1. The molecule has 0 saturated carbocycles. The molecule has 0 aromatic heterocycles. The Kier molecular flexibility index (Phi) is 7.05. The number of alkyl carbamates (subject to hydrolysis) is 1. The summed E-state index contributed by atoms with van der Waals surface area (Å²) in [5.41, 5.74) is 4.21. The van der Waals surface area contributed by atoms with E-state index < -0.39 is 48.9 Å². The summed E-state index contributed by atoms with van der Waals surface area (Å²) in [5, 5.41) is 11.8. The van der Waals surface area contributed by atoms with Gasteiger partial charge in [-0.3, -0.25) is 4.79 Å². The van der Waals surface area contributed by atoms with E-state index >= 15 is 0 Å². The topological polar surface area (TPSA) is 95.9 Å². The molecule has 2 unspecified atom stereocenters. The van der Waals surface area contributed by atoms with Crippen molar-refractivity contribution in [2.45, 2.75) is 56.5 Å². The first-order chi connectivity index (χ1) is 16.7. The zero-order valence-corrected chi connectivity index (χ0v) is 19.4. The quantitative estimate of drug-likeness (QED) is 0.577. The SMILES string of the molecule is CCCCC(NC(=O)OCC1c2ccccc2-c2ccccc21)C(=O)N1CC(F)(F)CC1C(=O)O. The van der Waals surface area contributed by atoms with Gasteiger partial charge in [-0.05, 0) is 28.7 Å². The van der Waals surface area contributed by atoms with E-state index in [9.17, 15) is 28.3 Å². The van der Waals surface area contributed by atoms with Crippen LogP contribution >= 0.6 is 0 Å². The van der Waals surface area contributed by atoms with Crippen LogP contribution < -0.4 is 5.32 Å². The van der Waals surface area contributed by atoms with Crippen molar-refractivity contribution < 1.29 is 33.0 Å². The molecule has 186 valence electrons. The molecule has 4 rings (SSSR count). The van der Waals surface area contributed by atoms with Crippen LogP contribution in [0.4, 0.5) is 13.6 Å². The molecule has 2 aromatic rings. The van der Waals surface area contributed by atoms with Crippen molar-refractivity contribution in [3.8, 4) is 11.1 Å². The molecule has 0 radical (unpaired) electrons. The van der Waals surface area contributed by atoms with Gasteiger partial charge in [0.2, 0.25) is 5.91 Å². The highest BCUT2D eigenvalue weighted by Crippen LogP contribution is 2.44. The van der Waals surface area contributed by atoms with Gasteiger partial charge in [0, 0.05) is 12.3 Å². The van der Waals surface area contributed by atoms with Gasteiger partial charge < -0.3 is 20.1 Å². The number of carbonyl (C=O) groups is 3. The number of benzene rings is 2. The first kappa shape index (κ1) is 24.6. The van der Waals surface area contributed by atoms with Gasteiger partial charge in [0.1, 0.15) is 18.7 Å². The lowest BCUT2D eigenvalue weighted by atomic mass is 9.98. The van der Waals surface area contributed by atoms with E-state index in [4.69, 9.17) is 4.74 Å². The molecule has 0 spiro atoms. The summed E-state index contributed by atoms with van der Waals surface area (Å²) in [6.45, 7) is 0.935. The Morgan fingerprint density at radius 2 is 1.71 bits per heavy atom. The number of hydrogen-bond acceptors (Lipinski definition) is 4. The normalized spacial score (nSPS) is 19.1. The van der Waals surface area contributed by atoms with Crippen LogP contribution in [0.3, 0.4) is 0 Å². The fraction of sp³-hybridized carbons (Fsp3) is 0.423. The van der Waals surface area contributed by atoms with Crippen molar-refractivity contribution in [1.29, 1.82) is 0 Å². The minimum absolute atomic E-state index is 0.0358. The van der Waals surface area contributed by atoms with Gasteiger partial charge in [0.05, 0.1) is 6.54 Å². The lowest BCUT2D eigenvalue weighted by Crippen LogP contribution is -2.52. The summed E-state index contributed by atoms with van der Waals surface area (Å²) in [6, 6.07) is 12.9. The number of hydrogen-bond donors (Lipinski definition) is 2. The molecule has 1 aliphatic carbocycles. The van der Waals surface area contributed by atoms with E-state index in [2.05, 4.69) is 5.32 Å². The van der Waals surface area contributed by atoms with E-state index in [1.165, 1.54) is 0 Å². The lowest BCUT2D eigenvalue weighted by Gasteiger charge is -2.27. The highest BCUT2D eigenvalue weighted by molar-refractivity contribution is 5.90. The standard InChI is InChI=1S/C26H28F2N2O5/c1-2-3-12-21(23(31)30-15-26(27,28)13-22(30)24(32)33)29-25(34)35-14-20-18-10-6-4-8-16(18)17-9-5-7-11-19(17)20/h4-11,20-22H,2-3,12-15H2,1H3,(H,29,34)(H,32,33). The summed E-state index contributed by atoms with van der Waals surface area (Å²) >= 11 is 0. The minimum atomic E-state index is -3.29. The summed E-state index contributed by atoms with van der Waals surface area (Å²) < 4.78 is 33.3. The Labute approximate surface area is 202 Å². The van der Waals surface area contributed by atoms with Crippen LogP contribution in [0.15, 0.2) is 48.5 Å². The van der Waals surface area contributed by atoms with Crippen molar-refractivity contribution in [3.05, 3.63) is 59.7 Å². The zero-order valence-electron chi connectivity index (χ0n) is 19.4. The minimum Gasteiger partial charge on any atom is -0.480 e. The second-order valence-electron chi connectivity index (χ2n) is 9.04. The van der Waals surface area contributed by atoms with Crippen LogP contribution in [0.2, 0.25) is 0 Å². The number of ether oxygens (including phenoxy) is 1. The van der Waals surface area contributed by atoms with Gasteiger partial charge in [-0.15, -0.1) is 0 Å². The van der Waals surface area contributed by atoms with Crippen molar-refractivity contribution in [1.82, 2.24) is 10.2 Å². The number of halogens is 2. The van der Waals surface area contributed by atoms with Crippen LogP contribution in [0.1, 0.15) is 49.7 Å². The third kappa shape index (κ3) is 5.13. The highest BCUT2D eigenvalue weighted by Gasteiger charge is 2.51. The summed E-state index contributed by atoms with van der Waals surface area (Å²) in [6.07, 6.45) is -0.358. The van der Waals surface area contributed by atoms with Crippen LogP contribution in [-0.4, -0.2) is 59.1 Å². The van der Waals surface area contributed by atoms with E-state index in [-0.39, 0.29) is 18.9 Å². The Hall–Kier alpha value is -3.49. The van der Waals surface area contributed by atoms with Crippen molar-refractivity contribution in [3.63, 3.8) is 0 Å². The van der Waals surface area contributed by atoms with E-state index in [0.29, 0.717) is 17.7 Å². The molecule has 2 amide bonds. The number of aliphatic carboxylic acids is 1. The Balaban J connectivity index is 1.45. The molecule has 1 saturated heterocycles. The van der Waals surface area contributed by atoms with Crippen molar-refractivity contribution in [2.75, 3.05) is 13.2 Å². The Bertz CT molecular complexity index is 1080. The number of fused-ring (bicyclic) bond motifs is 3. The zero-order chi connectivity index (χ0) is 25.2. The number of carboxylic acid groups (broad SMARTS) is 1.